The van der Waals surface area contributed by atoms with Crippen molar-refractivity contribution in [2.45, 2.75) is 37.1 Å². The number of carbonyl (C=O) groups is 1. The number of hydrogen-bond donors (Lipinski definition) is 0. The molecule has 0 saturated carbocycles. The second-order valence-corrected chi connectivity index (χ2v) is 6.64. The summed E-state index contributed by atoms with van der Waals surface area (Å²) < 4.78 is 26.6. The maximum absolute atomic E-state index is 12.6. The molecule has 0 aliphatic carbocycles. The Morgan fingerprint density at radius 2 is 2.35 bits per heavy atom. The van der Waals surface area contributed by atoms with Crippen LogP contribution in [-0.4, -0.2) is 36.1 Å². The lowest BCUT2D eigenvalue weighted by atomic mass is 10.1. The topological polar surface area (TPSA) is 91.1 Å². The predicted octanol–water partition coefficient (Wildman–Crippen LogP) is 1.09. The molecule has 0 spiro atoms. The molecular formula is C13H15N3O3S. The molecular weight excluding hydrogens is 278 g/mol. The third-order valence-electron chi connectivity index (χ3n) is 3.31. The number of carbonyl (C=O) groups excluding carboxylic acids is 1. The molecule has 20 heavy (non-hydrogen) atoms. The van der Waals surface area contributed by atoms with E-state index in [-0.39, 0.29) is 28.8 Å². The number of Topliss-reactive ketones (excluding diaryl/α,β-unsaturated/α-hetero) is 1. The van der Waals surface area contributed by atoms with E-state index in [1.54, 1.807) is 6.07 Å². The Hall–Kier alpha value is -1.78. The number of pyridine rings is 1. The lowest BCUT2D eigenvalue weighted by Crippen LogP contribution is -2.37. The van der Waals surface area contributed by atoms with Crippen LogP contribution in [0.2, 0.25) is 0 Å². The number of nitriles is 1. The number of aromatic nitrogens is 1. The Kier molecular flexibility index (Phi) is 4.16. The van der Waals surface area contributed by atoms with Crippen molar-refractivity contribution < 1.29 is 13.2 Å². The fourth-order valence-corrected chi connectivity index (χ4v) is 4.26. The fourth-order valence-electron chi connectivity index (χ4n) is 2.47. The molecule has 0 radical (unpaired) electrons. The highest BCUT2D eigenvalue weighted by Gasteiger charge is 2.37. The minimum Gasteiger partial charge on any atom is -0.300 e. The van der Waals surface area contributed by atoms with E-state index >= 15 is 0 Å². The summed E-state index contributed by atoms with van der Waals surface area (Å²) in [6.07, 6.45) is 2.98. The van der Waals surface area contributed by atoms with Gasteiger partial charge in [-0.1, -0.05) is 0 Å². The van der Waals surface area contributed by atoms with Gasteiger partial charge in [0.05, 0.1) is 0 Å². The van der Waals surface area contributed by atoms with Gasteiger partial charge in [0.15, 0.2) is 5.69 Å². The molecule has 1 fully saturated rings. The zero-order chi connectivity index (χ0) is 14.8. The Bertz CT molecular complexity index is 664. The first kappa shape index (κ1) is 14.6. The predicted molar refractivity (Wildman–Crippen MR) is 71.2 cm³/mol. The van der Waals surface area contributed by atoms with E-state index in [0.717, 1.165) is 6.42 Å². The molecule has 1 unspecified atom stereocenters. The summed E-state index contributed by atoms with van der Waals surface area (Å²) in [5, 5.41) is 8.99. The summed E-state index contributed by atoms with van der Waals surface area (Å²) in [6.45, 7) is 1.83. The van der Waals surface area contributed by atoms with Gasteiger partial charge in [-0.2, -0.15) is 9.57 Å². The molecule has 1 aromatic rings. The minimum absolute atomic E-state index is 0.0382. The number of sulfonamides is 1. The second kappa shape index (κ2) is 5.69. The molecule has 0 bridgehead atoms. The van der Waals surface area contributed by atoms with Crippen molar-refractivity contribution >= 4 is 15.8 Å². The summed E-state index contributed by atoms with van der Waals surface area (Å²) in [7, 11) is -3.78. The third-order valence-corrected chi connectivity index (χ3v) is 5.29. The Labute approximate surface area is 118 Å². The molecule has 1 saturated heterocycles. The van der Waals surface area contributed by atoms with Gasteiger partial charge < -0.3 is 0 Å². The van der Waals surface area contributed by atoms with Crippen molar-refractivity contribution in [3.8, 4) is 6.07 Å². The average molecular weight is 293 g/mol. The van der Waals surface area contributed by atoms with Crippen molar-refractivity contribution in [3.05, 3.63) is 24.0 Å². The first-order valence-corrected chi connectivity index (χ1v) is 7.77. The fraction of sp³-hybridized carbons (Fsp3) is 0.462. The standard InChI is InChI=1S/C13H15N3O3S/c1-10(17)8-11-4-3-7-16(11)20(18,19)13-5-2-6-15-12(13)9-14/h2,5-6,11H,3-4,7-8H2,1H3. The van der Waals surface area contributed by atoms with Gasteiger partial charge in [0, 0.05) is 25.2 Å². The normalized spacial score (nSPS) is 19.7. The van der Waals surface area contributed by atoms with E-state index in [2.05, 4.69) is 4.98 Å². The van der Waals surface area contributed by atoms with Crippen LogP contribution in [0, 0.1) is 11.3 Å². The van der Waals surface area contributed by atoms with Gasteiger partial charge in [0.2, 0.25) is 10.0 Å². The molecule has 1 aliphatic heterocycles. The van der Waals surface area contributed by atoms with Gasteiger partial charge >= 0.3 is 0 Å². The van der Waals surface area contributed by atoms with E-state index in [0.29, 0.717) is 13.0 Å². The highest BCUT2D eigenvalue weighted by atomic mass is 32.2. The Balaban J connectivity index is 2.40. The van der Waals surface area contributed by atoms with Gasteiger partial charge in [-0.15, -0.1) is 0 Å². The number of nitrogens with zero attached hydrogens (tertiary/aromatic N) is 3. The SMILES string of the molecule is CC(=O)CC1CCCN1S(=O)(=O)c1cccnc1C#N. The highest BCUT2D eigenvalue weighted by molar-refractivity contribution is 7.89. The van der Waals surface area contributed by atoms with Crippen LogP contribution in [0.1, 0.15) is 31.9 Å². The van der Waals surface area contributed by atoms with Crippen LogP contribution in [0.5, 0.6) is 0 Å². The molecule has 0 amide bonds. The van der Waals surface area contributed by atoms with Gasteiger partial charge in [-0.3, -0.25) is 4.79 Å². The number of ketones is 1. The first-order valence-electron chi connectivity index (χ1n) is 6.33. The van der Waals surface area contributed by atoms with Crippen LogP contribution < -0.4 is 0 Å². The molecule has 0 N–H and O–H groups in total. The molecule has 1 aromatic heterocycles. The molecule has 7 heteroatoms. The van der Waals surface area contributed by atoms with Crippen LogP contribution in [0.3, 0.4) is 0 Å². The lowest BCUT2D eigenvalue weighted by Gasteiger charge is -2.23. The van der Waals surface area contributed by atoms with Crippen LogP contribution >= 0.6 is 0 Å². The van der Waals surface area contributed by atoms with E-state index in [4.69, 9.17) is 5.26 Å². The van der Waals surface area contributed by atoms with E-state index < -0.39 is 10.0 Å². The zero-order valence-corrected chi connectivity index (χ0v) is 11.9. The largest absolute Gasteiger partial charge is 0.300 e. The molecule has 6 nitrogen and oxygen atoms in total. The lowest BCUT2D eigenvalue weighted by molar-refractivity contribution is -0.117. The monoisotopic (exact) mass is 293 g/mol. The minimum atomic E-state index is -3.78. The van der Waals surface area contributed by atoms with Crippen molar-refractivity contribution in [2.24, 2.45) is 0 Å². The van der Waals surface area contributed by atoms with Crippen molar-refractivity contribution in [1.29, 1.82) is 5.26 Å². The maximum atomic E-state index is 12.6. The van der Waals surface area contributed by atoms with E-state index in [1.165, 1.54) is 29.6 Å². The van der Waals surface area contributed by atoms with Crippen LogP contribution in [0.15, 0.2) is 23.2 Å². The number of rotatable bonds is 4. The van der Waals surface area contributed by atoms with Crippen molar-refractivity contribution in [1.82, 2.24) is 9.29 Å². The maximum Gasteiger partial charge on any atom is 0.246 e. The van der Waals surface area contributed by atoms with Crippen LogP contribution in [-0.2, 0) is 14.8 Å². The number of hydrogen-bond acceptors (Lipinski definition) is 5. The molecule has 106 valence electrons. The van der Waals surface area contributed by atoms with Crippen molar-refractivity contribution in [3.63, 3.8) is 0 Å². The zero-order valence-electron chi connectivity index (χ0n) is 11.1. The van der Waals surface area contributed by atoms with Gasteiger partial charge in [-0.25, -0.2) is 13.4 Å². The van der Waals surface area contributed by atoms with Gasteiger partial charge in [0.1, 0.15) is 16.7 Å². The van der Waals surface area contributed by atoms with E-state index in [9.17, 15) is 13.2 Å². The van der Waals surface area contributed by atoms with Crippen LogP contribution in [0.25, 0.3) is 0 Å². The molecule has 1 atom stereocenters. The third kappa shape index (κ3) is 2.71. The Morgan fingerprint density at radius 1 is 1.60 bits per heavy atom. The second-order valence-electron chi connectivity index (χ2n) is 4.78. The molecule has 1 aliphatic rings. The first-order chi connectivity index (χ1) is 9.46. The summed E-state index contributed by atoms with van der Waals surface area (Å²) in [5.41, 5.74) is -0.110. The molecule has 2 rings (SSSR count). The van der Waals surface area contributed by atoms with Crippen molar-refractivity contribution in [2.75, 3.05) is 6.54 Å². The highest BCUT2D eigenvalue weighted by Crippen LogP contribution is 2.28. The summed E-state index contributed by atoms with van der Waals surface area (Å²) in [6, 6.07) is 4.35. The molecule has 0 aromatic carbocycles. The van der Waals surface area contributed by atoms with Gasteiger partial charge in [-0.05, 0) is 31.9 Å². The molecule has 2 heterocycles. The van der Waals surface area contributed by atoms with Gasteiger partial charge in [0.25, 0.3) is 0 Å². The summed E-state index contributed by atoms with van der Waals surface area (Å²) >= 11 is 0. The van der Waals surface area contributed by atoms with E-state index in [1.807, 2.05) is 0 Å². The Morgan fingerprint density at radius 3 is 3.00 bits per heavy atom. The summed E-state index contributed by atoms with van der Waals surface area (Å²) in [4.78, 5) is 14.9. The smallest absolute Gasteiger partial charge is 0.246 e. The average Bonchev–Trinajstić information content (AvgIpc) is 2.86. The summed E-state index contributed by atoms with van der Waals surface area (Å²) in [5.74, 6) is -0.0382. The quantitative estimate of drug-likeness (QED) is 0.828. The van der Waals surface area contributed by atoms with Crippen LogP contribution in [0.4, 0.5) is 0 Å².